The summed E-state index contributed by atoms with van der Waals surface area (Å²) in [5.74, 6) is -20.3. The molecule has 0 fully saturated rings. The van der Waals surface area contributed by atoms with E-state index in [1.165, 1.54) is 6.07 Å². The summed E-state index contributed by atoms with van der Waals surface area (Å²) in [6, 6.07) is 3.96. The summed E-state index contributed by atoms with van der Waals surface area (Å²) in [5, 5.41) is 12.1. The molecule has 0 spiro atoms. The molecule has 1 aliphatic carbocycles. The van der Waals surface area contributed by atoms with Crippen molar-refractivity contribution in [2.24, 2.45) is 0 Å². The third kappa shape index (κ3) is 2.07. The summed E-state index contributed by atoms with van der Waals surface area (Å²) in [6.45, 7) is 0. The van der Waals surface area contributed by atoms with Gasteiger partial charge in [0.05, 0.1) is 0 Å². The molecule has 0 N–H and O–H groups in total. The maximum absolute atomic E-state index is 13.9. The SMILES string of the molecule is [O]C1(C(F)(F)C(F)(F)C(F)(F)C(F)(F)F)C=Cc2ccccc21. The van der Waals surface area contributed by atoms with Gasteiger partial charge in [0.1, 0.15) is 0 Å². The number of benzene rings is 1. The summed E-state index contributed by atoms with van der Waals surface area (Å²) >= 11 is 0. The van der Waals surface area contributed by atoms with Gasteiger partial charge in [-0.3, -0.25) is 0 Å². The zero-order chi connectivity index (χ0) is 17.9. The highest BCUT2D eigenvalue weighted by atomic mass is 19.4. The second-order valence-corrected chi connectivity index (χ2v) is 4.88. The lowest BCUT2D eigenvalue weighted by molar-refractivity contribution is -0.417. The first-order valence-corrected chi connectivity index (χ1v) is 5.89. The zero-order valence-electron chi connectivity index (χ0n) is 10.8. The smallest absolute Gasteiger partial charge is 0.213 e. The Morgan fingerprint density at radius 3 is 1.83 bits per heavy atom. The molecular weight excluding hydrogens is 343 g/mol. The Hall–Kier alpha value is -1.71. The molecule has 23 heavy (non-hydrogen) atoms. The van der Waals surface area contributed by atoms with Crippen LogP contribution in [0.1, 0.15) is 11.1 Å². The van der Waals surface area contributed by atoms with Crippen LogP contribution in [0.25, 0.3) is 6.08 Å². The van der Waals surface area contributed by atoms with E-state index in [4.69, 9.17) is 0 Å². The van der Waals surface area contributed by atoms with Gasteiger partial charge in [0.15, 0.2) is 0 Å². The van der Waals surface area contributed by atoms with Crippen LogP contribution in [-0.4, -0.2) is 23.9 Å². The molecule has 0 saturated carbocycles. The molecule has 1 aromatic carbocycles. The third-order valence-corrected chi connectivity index (χ3v) is 3.47. The molecule has 0 amide bonds. The Bertz CT molecular complexity index is 647. The van der Waals surface area contributed by atoms with E-state index in [1.807, 2.05) is 0 Å². The van der Waals surface area contributed by atoms with Crippen molar-refractivity contribution in [3.8, 4) is 0 Å². The summed E-state index contributed by atoms with van der Waals surface area (Å²) in [5.41, 5.74) is -5.54. The minimum absolute atomic E-state index is 0.0436. The van der Waals surface area contributed by atoms with E-state index in [2.05, 4.69) is 0 Å². The molecule has 0 saturated heterocycles. The maximum Gasteiger partial charge on any atom is 0.460 e. The third-order valence-electron chi connectivity index (χ3n) is 3.47. The largest absolute Gasteiger partial charge is 0.460 e. The molecule has 1 aromatic rings. The van der Waals surface area contributed by atoms with Gasteiger partial charge in [-0.15, -0.1) is 0 Å². The highest BCUT2D eigenvalue weighted by molar-refractivity contribution is 5.65. The van der Waals surface area contributed by atoms with E-state index in [-0.39, 0.29) is 11.6 Å². The van der Waals surface area contributed by atoms with E-state index in [1.54, 1.807) is 0 Å². The fourth-order valence-corrected chi connectivity index (χ4v) is 2.16. The predicted octanol–water partition coefficient (Wildman–Crippen LogP) is 4.81. The molecule has 1 atom stereocenters. The number of hydrogen-bond acceptors (Lipinski definition) is 0. The first-order valence-electron chi connectivity index (χ1n) is 5.89. The predicted molar refractivity (Wildman–Crippen MR) is 58.7 cm³/mol. The van der Waals surface area contributed by atoms with Gasteiger partial charge in [0, 0.05) is 5.56 Å². The molecule has 1 radical (unpaired) electrons. The van der Waals surface area contributed by atoms with Gasteiger partial charge < -0.3 is 0 Å². The fourth-order valence-electron chi connectivity index (χ4n) is 2.16. The average molecular weight is 349 g/mol. The van der Waals surface area contributed by atoms with Crippen molar-refractivity contribution in [1.82, 2.24) is 0 Å². The van der Waals surface area contributed by atoms with Gasteiger partial charge in [0.2, 0.25) is 5.60 Å². The maximum atomic E-state index is 13.9. The van der Waals surface area contributed by atoms with Crippen molar-refractivity contribution >= 4 is 6.08 Å². The Morgan fingerprint density at radius 1 is 0.783 bits per heavy atom. The molecule has 2 rings (SSSR count). The lowest BCUT2D eigenvalue weighted by Crippen LogP contribution is -2.66. The van der Waals surface area contributed by atoms with Crippen molar-refractivity contribution in [3.05, 3.63) is 41.5 Å². The molecule has 0 aromatic heterocycles. The summed E-state index contributed by atoms with van der Waals surface area (Å²) in [6.07, 6.45) is -6.34. The molecule has 0 bridgehead atoms. The number of fused-ring (bicyclic) bond motifs is 1. The number of halogens is 9. The molecule has 1 unspecified atom stereocenters. The van der Waals surface area contributed by atoms with Crippen LogP contribution in [0.5, 0.6) is 0 Å². The standard InChI is InChI=1S/C13H6F9O/c14-10(15,11(16,17)12(18,19)13(20,21)22)9(23)6-5-7-3-1-2-4-8(7)9/h1-6H. The van der Waals surface area contributed by atoms with Crippen LogP contribution < -0.4 is 0 Å². The van der Waals surface area contributed by atoms with Crippen LogP contribution in [0.3, 0.4) is 0 Å². The number of hydrogen-bond donors (Lipinski definition) is 0. The molecule has 1 aliphatic rings. The topological polar surface area (TPSA) is 19.9 Å². The van der Waals surface area contributed by atoms with Crippen LogP contribution >= 0.6 is 0 Å². The quantitative estimate of drug-likeness (QED) is 0.698. The van der Waals surface area contributed by atoms with Crippen molar-refractivity contribution in [2.45, 2.75) is 29.5 Å². The second-order valence-electron chi connectivity index (χ2n) is 4.88. The van der Waals surface area contributed by atoms with Crippen molar-refractivity contribution < 1.29 is 44.6 Å². The normalized spacial score (nSPS) is 22.3. The van der Waals surface area contributed by atoms with E-state index in [0.29, 0.717) is 12.1 Å². The van der Waals surface area contributed by atoms with Crippen LogP contribution in [0.2, 0.25) is 0 Å². The highest BCUT2D eigenvalue weighted by Crippen LogP contribution is 2.60. The second kappa shape index (κ2) is 4.65. The van der Waals surface area contributed by atoms with Gasteiger partial charge in [-0.2, -0.15) is 39.5 Å². The summed E-state index contributed by atoms with van der Waals surface area (Å²) in [4.78, 5) is 0. The zero-order valence-corrected chi connectivity index (χ0v) is 10.8. The lowest BCUT2D eigenvalue weighted by atomic mass is 9.83. The van der Waals surface area contributed by atoms with Gasteiger partial charge in [-0.25, -0.2) is 5.11 Å². The Balaban J connectivity index is 2.61. The monoisotopic (exact) mass is 349 g/mol. The summed E-state index contributed by atoms with van der Waals surface area (Å²) in [7, 11) is 0. The minimum Gasteiger partial charge on any atom is -0.213 e. The molecule has 127 valence electrons. The van der Waals surface area contributed by atoms with E-state index < -0.39 is 35.1 Å². The number of alkyl halides is 9. The Kier molecular flexibility index (Phi) is 3.57. The van der Waals surface area contributed by atoms with Gasteiger partial charge in [-0.1, -0.05) is 30.3 Å². The lowest BCUT2D eigenvalue weighted by Gasteiger charge is -2.39. The van der Waals surface area contributed by atoms with Crippen molar-refractivity contribution in [3.63, 3.8) is 0 Å². The van der Waals surface area contributed by atoms with Crippen LogP contribution in [0, 0.1) is 0 Å². The van der Waals surface area contributed by atoms with E-state index in [0.717, 1.165) is 12.1 Å². The van der Waals surface area contributed by atoms with Gasteiger partial charge in [-0.05, 0) is 11.6 Å². The van der Waals surface area contributed by atoms with E-state index >= 15 is 0 Å². The molecule has 1 nitrogen and oxygen atoms in total. The van der Waals surface area contributed by atoms with Crippen molar-refractivity contribution in [1.29, 1.82) is 0 Å². The van der Waals surface area contributed by atoms with Gasteiger partial charge in [0.25, 0.3) is 0 Å². The average Bonchev–Trinajstić information content (AvgIpc) is 2.77. The van der Waals surface area contributed by atoms with Crippen LogP contribution in [-0.2, 0) is 10.7 Å². The molecule has 10 heteroatoms. The highest BCUT2D eigenvalue weighted by Gasteiger charge is 2.86. The molecule has 0 aliphatic heterocycles. The Labute approximate surface area is 123 Å². The van der Waals surface area contributed by atoms with Gasteiger partial charge >= 0.3 is 23.9 Å². The Morgan fingerprint density at radius 2 is 1.30 bits per heavy atom. The summed E-state index contributed by atoms with van der Waals surface area (Å²) < 4.78 is 117. The molecular formula is C13H6F9O. The van der Waals surface area contributed by atoms with E-state index in [9.17, 15) is 44.6 Å². The van der Waals surface area contributed by atoms with Crippen molar-refractivity contribution in [2.75, 3.05) is 0 Å². The van der Waals surface area contributed by atoms with Crippen LogP contribution in [0.15, 0.2) is 30.3 Å². The first-order chi connectivity index (χ1) is 10.2. The van der Waals surface area contributed by atoms with Crippen LogP contribution in [0.4, 0.5) is 39.5 Å². The fraction of sp³-hybridized carbons (Fsp3) is 0.385. The number of rotatable bonds is 3. The first kappa shape index (κ1) is 17.6. The molecule has 0 heterocycles. The minimum atomic E-state index is -7.09.